The van der Waals surface area contributed by atoms with Gasteiger partial charge < -0.3 is 14.4 Å². The van der Waals surface area contributed by atoms with Gasteiger partial charge in [-0.05, 0) is 22.5 Å². The fourth-order valence-corrected chi connectivity index (χ4v) is 5.53. The predicted molar refractivity (Wildman–Crippen MR) is 134 cm³/mol. The van der Waals surface area contributed by atoms with E-state index in [0.717, 1.165) is 6.20 Å². The molecule has 2 aliphatic heterocycles. The summed E-state index contributed by atoms with van der Waals surface area (Å²) in [4.78, 5) is 25.6. The SMILES string of the molecule is [2H][C@@]1(n2cc(Cl)c(=O)[nH]c2=O)O[C@](F)(COP2(=O)OCc3c(F)c(C(C)(C)C)cc(C(C)(C)C)c3O2)C[C@H]1O. The summed E-state index contributed by atoms with van der Waals surface area (Å²) in [7, 11) is -4.54. The number of ether oxygens (including phenoxy) is 1. The van der Waals surface area contributed by atoms with Crippen LogP contribution in [0.25, 0.3) is 0 Å². The van der Waals surface area contributed by atoms with E-state index in [0.29, 0.717) is 15.7 Å². The van der Waals surface area contributed by atoms with Gasteiger partial charge in [-0.25, -0.2) is 18.1 Å². The van der Waals surface area contributed by atoms with Gasteiger partial charge in [0.05, 0.1) is 13.5 Å². The first-order valence-electron chi connectivity index (χ1n) is 12.2. The molecule has 14 heteroatoms. The molecule has 4 atom stereocenters. The van der Waals surface area contributed by atoms with E-state index in [1.54, 1.807) is 6.07 Å². The maximum Gasteiger partial charge on any atom is 0.530 e. The number of phosphoric ester groups is 1. The number of aromatic nitrogens is 2. The number of aromatic amines is 1. The van der Waals surface area contributed by atoms with Crippen LogP contribution < -0.4 is 15.8 Å². The van der Waals surface area contributed by atoms with Crippen LogP contribution in [0.4, 0.5) is 8.78 Å². The average Bonchev–Trinajstić information content (AvgIpc) is 3.02. The quantitative estimate of drug-likeness (QED) is 0.503. The minimum Gasteiger partial charge on any atom is -0.403 e. The maximum atomic E-state index is 15.7. The summed E-state index contributed by atoms with van der Waals surface area (Å²) < 4.78 is 74.4. The highest BCUT2D eigenvalue weighted by Crippen LogP contribution is 2.58. The van der Waals surface area contributed by atoms with Crippen molar-refractivity contribution in [3.05, 3.63) is 60.6 Å². The summed E-state index contributed by atoms with van der Waals surface area (Å²) >= 11 is 5.72. The van der Waals surface area contributed by atoms with Crippen molar-refractivity contribution in [3.63, 3.8) is 0 Å². The van der Waals surface area contributed by atoms with Crippen LogP contribution in [0.3, 0.4) is 0 Å². The zero-order chi connectivity index (χ0) is 29.3. The zero-order valence-corrected chi connectivity index (χ0v) is 23.3. The smallest absolute Gasteiger partial charge is 0.403 e. The van der Waals surface area contributed by atoms with Crippen LogP contribution in [0.15, 0.2) is 21.9 Å². The highest BCUT2D eigenvalue weighted by Gasteiger charge is 2.51. The van der Waals surface area contributed by atoms with Crippen molar-refractivity contribution in [1.82, 2.24) is 9.55 Å². The van der Waals surface area contributed by atoms with E-state index in [2.05, 4.69) is 0 Å². The van der Waals surface area contributed by atoms with Gasteiger partial charge in [-0.2, -0.15) is 0 Å². The third kappa shape index (κ3) is 5.48. The Morgan fingerprint density at radius 1 is 1.29 bits per heavy atom. The Kier molecular flexibility index (Phi) is 6.90. The van der Waals surface area contributed by atoms with E-state index in [-0.39, 0.29) is 11.3 Å². The van der Waals surface area contributed by atoms with Crippen LogP contribution in [-0.4, -0.2) is 33.2 Å². The number of aliphatic hydroxyl groups is 1. The second-order valence-electron chi connectivity index (χ2n) is 11.3. The van der Waals surface area contributed by atoms with E-state index in [1.807, 2.05) is 46.5 Å². The van der Waals surface area contributed by atoms with Gasteiger partial charge in [0.2, 0.25) is 5.85 Å². The van der Waals surface area contributed by atoms with E-state index in [1.165, 1.54) is 0 Å². The summed E-state index contributed by atoms with van der Waals surface area (Å²) in [5.41, 5.74) is -2.26. The lowest BCUT2D eigenvalue weighted by Gasteiger charge is -2.34. The number of aliphatic hydroxyl groups excluding tert-OH is 1. The van der Waals surface area contributed by atoms with Crippen molar-refractivity contribution in [3.8, 4) is 5.75 Å². The molecule has 10 nitrogen and oxygen atoms in total. The molecule has 0 saturated carbocycles. The summed E-state index contributed by atoms with van der Waals surface area (Å²) in [6.45, 7) is 9.50. The normalized spacial score (nSPS) is 30.1. The third-order valence-electron chi connectivity index (χ3n) is 6.14. The molecule has 210 valence electrons. The lowest BCUT2D eigenvalue weighted by atomic mass is 9.78. The molecule has 0 spiro atoms. The van der Waals surface area contributed by atoms with Crippen molar-refractivity contribution in [2.45, 2.75) is 83.6 Å². The number of nitrogens with zero attached hydrogens (tertiary/aromatic N) is 1. The first-order chi connectivity index (χ1) is 17.7. The number of rotatable bonds is 4. The minimum atomic E-state index is -4.54. The molecular formula is C24H30ClF2N2O8P. The molecule has 1 fully saturated rings. The van der Waals surface area contributed by atoms with Crippen LogP contribution >= 0.6 is 19.4 Å². The van der Waals surface area contributed by atoms with E-state index < -0.39 is 78.5 Å². The number of halogens is 3. The second-order valence-corrected chi connectivity index (χ2v) is 13.3. The van der Waals surface area contributed by atoms with E-state index >= 15 is 8.78 Å². The average molecular weight is 580 g/mol. The Morgan fingerprint density at radius 3 is 2.53 bits per heavy atom. The maximum absolute atomic E-state index is 15.7. The standard InChI is InChI=1S/C24H30ClF2N2O8P/c1-22(2,3)13-7-14(23(4,5)6)18-12(17(13)26)10-34-38(33,37-18)35-11-24(27)8-16(30)20(36-24)29-9-15(25)19(31)28-21(29)32/h7,9,16,20,30H,8,10-11H2,1-6H3,(H,28,31,32)/t16-,20-,24+,38?/m1/s1/i20D. The molecule has 1 aromatic carbocycles. The fraction of sp³-hybridized carbons (Fsp3) is 0.583. The molecule has 2 aliphatic rings. The van der Waals surface area contributed by atoms with Crippen LogP contribution in [0.5, 0.6) is 5.75 Å². The second kappa shape index (κ2) is 9.53. The van der Waals surface area contributed by atoms with Crippen molar-refractivity contribution >= 4 is 19.4 Å². The van der Waals surface area contributed by atoms with Crippen LogP contribution in [0, 0.1) is 5.82 Å². The minimum absolute atomic E-state index is 0.0351. The zero-order valence-electron chi connectivity index (χ0n) is 22.7. The number of hydrogen-bond acceptors (Lipinski definition) is 8. The Bertz CT molecular complexity index is 1490. The molecule has 2 aromatic rings. The van der Waals surface area contributed by atoms with E-state index in [4.69, 9.17) is 31.3 Å². The summed E-state index contributed by atoms with van der Waals surface area (Å²) in [5, 5.41) is 9.92. The molecule has 1 unspecified atom stereocenters. The molecule has 38 heavy (non-hydrogen) atoms. The lowest BCUT2D eigenvalue weighted by Crippen LogP contribution is -2.36. The van der Waals surface area contributed by atoms with Gasteiger partial charge in [0.15, 0.2) is 6.20 Å². The third-order valence-corrected chi connectivity index (χ3v) is 7.71. The molecular weight excluding hydrogens is 549 g/mol. The van der Waals surface area contributed by atoms with Gasteiger partial charge in [-0.15, -0.1) is 0 Å². The van der Waals surface area contributed by atoms with Crippen molar-refractivity contribution in [2.75, 3.05) is 6.61 Å². The Hall–Kier alpha value is -2.08. The van der Waals surface area contributed by atoms with Crippen molar-refractivity contribution in [1.29, 1.82) is 0 Å². The van der Waals surface area contributed by atoms with Gasteiger partial charge in [0.1, 0.15) is 29.3 Å². The van der Waals surface area contributed by atoms with Crippen LogP contribution in [0.2, 0.25) is 5.02 Å². The van der Waals surface area contributed by atoms with Crippen molar-refractivity contribution < 1.29 is 38.1 Å². The topological polar surface area (TPSA) is 129 Å². The fourth-order valence-electron chi connectivity index (χ4n) is 4.14. The molecule has 3 heterocycles. The first kappa shape index (κ1) is 27.5. The Balaban J connectivity index is 1.61. The highest BCUT2D eigenvalue weighted by atomic mass is 35.5. The number of hydrogen-bond donors (Lipinski definition) is 2. The molecule has 1 aromatic heterocycles. The van der Waals surface area contributed by atoms with Crippen molar-refractivity contribution in [2.24, 2.45) is 0 Å². The molecule has 1 saturated heterocycles. The first-order valence-corrected chi connectivity index (χ1v) is 13.6. The number of alkyl halides is 1. The number of fused-ring (bicyclic) bond motifs is 1. The Labute approximate surface area is 223 Å². The number of nitrogens with one attached hydrogen (secondary N) is 1. The largest absolute Gasteiger partial charge is 0.530 e. The summed E-state index contributed by atoms with van der Waals surface area (Å²) in [6, 6.07) is 1.64. The molecule has 4 rings (SSSR count). The molecule has 2 N–H and O–H groups in total. The highest BCUT2D eigenvalue weighted by molar-refractivity contribution is 7.49. The molecule has 0 bridgehead atoms. The summed E-state index contributed by atoms with van der Waals surface area (Å²) in [6.07, 6.45) is -4.83. The molecule has 0 amide bonds. The van der Waals surface area contributed by atoms with Crippen LogP contribution in [-0.2, 0) is 35.8 Å². The summed E-state index contributed by atoms with van der Waals surface area (Å²) in [5.74, 6) is -3.56. The molecule has 0 radical (unpaired) electrons. The van der Waals surface area contributed by atoms with E-state index in [9.17, 15) is 19.3 Å². The van der Waals surface area contributed by atoms with Gasteiger partial charge in [-0.1, -0.05) is 53.1 Å². The van der Waals surface area contributed by atoms with Gasteiger partial charge in [0.25, 0.3) is 5.56 Å². The Morgan fingerprint density at radius 2 is 1.92 bits per heavy atom. The monoisotopic (exact) mass is 579 g/mol. The predicted octanol–water partition coefficient (Wildman–Crippen LogP) is 4.60. The van der Waals surface area contributed by atoms with Crippen LogP contribution in [0.1, 0.15) is 72.2 Å². The number of H-pyrrole nitrogens is 1. The van der Waals surface area contributed by atoms with Gasteiger partial charge in [0, 0.05) is 18.2 Å². The van der Waals surface area contributed by atoms with Gasteiger partial charge in [-0.3, -0.25) is 23.4 Å². The number of phosphoric acid groups is 1. The van der Waals surface area contributed by atoms with Gasteiger partial charge >= 0.3 is 13.5 Å². The lowest BCUT2D eigenvalue weighted by molar-refractivity contribution is -0.179. The number of benzene rings is 1. The molecule has 0 aliphatic carbocycles.